The van der Waals surface area contributed by atoms with Gasteiger partial charge < -0.3 is 0 Å². The second-order valence-electron chi connectivity index (χ2n) is 9.43. The van der Waals surface area contributed by atoms with Gasteiger partial charge >= 0.3 is 0 Å². The first-order valence-corrected chi connectivity index (χ1v) is 12.5. The van der Waals surface area contributed by atoms with Crippen LogP contribution in [0.3, 0.4) is 0 Å². The molecule has 0 saturated carbocycles. The summed E-state index contributed by atoms with van der Waals surface area (Å²) < 4.78 is 2.33. The number of fused-ring (bicyclic) bond motifs is 10. The standard InChI is InChI=1S/C34H21N3/c1-2-11-23-22(10-1)19-20-27-32(23)24-12-3-4-13-25(24)34-33(27)26-14-5-6-17-30(26)37(34)31-18-9-16-29(36-31)28-15-7-8-21-35-28/h1-21H. The van der Waals surface area contributed by atoms with Gasteiger partial charge in [0.05, 0.1) is 22.4 Å². The van der Waals surface area contributed by atoms with Crippen LogP contribution < -0.4 is 0 Å². The molecule has 8 rings (SSSR count). The van der Waals surface area contributed by atoms with Crippen LogP contribution in [0, 0.1) is 0 Å². The molecule has 0 spiro atoms. The maximum atomic E-state index is 5.12. The van der Waals surface area contributed by atoms with Gasteiger partial charge in [-0.05, 0) is 57.3 Å². The van der Waals surface area contributed by atoms with Gasteiger partial charge in [0, 0.05) is 22.4 Å². The second-order valence-corrected chi connectivity index (χ2v) is 9.43. The Morgan fingerprint density at radius 1 is 0.459 bits per heavy atom. The molecule has 3 aromatic heterocycles. The van der Waals surface area contributed by atoms with Gasteiger partial charge in [0.1, 0.15) is 5.82 Å². The normalized spacial score (nSPS) is 11.8. The predicted octanol–water partition coefficient (Wildman–Crippen LogP) is 8.70. The summed E-state index contributed by atoms with van der Waals surface area (Å²) in [5, 5.41) is 10.1. The lowest BCUT2D eigenvalue weighted by atomic mass is 9.93. The molecule has 0 saturated heterocycles. The largest absolute Gasteiger partial charge is 0.293 e. The zero-order chi connectivity index (χ0) is 24.3. The molecular weight excluding hydrogens is 450 g/mol. The molecule has 37 heavy (non-hydrogen) atoms. The van der Waals surface area contributed by atoms with Crippen molar-refractivity contribution < 1.29 is 0 Å². The number of hydrogen-bond donors (Lipinski definition) is 0. The van der Waals surface area contributed by atoms with Crippen LogP contribution in [0.25, 0.3) is 71.3 Å². The topological polar surface area (TPSA) is 30.7 Å². The maximum Gasteiger partial charge on any atom is 0.138 e. The Balaban J connectivity index is 1.60. The van der Waals surface area contributed by atoms with Crippen molar-refractivity contribution in [2.24, 2.45) is 0 Å². The molecular formula is C34H21N3. The van der Waals surface area contributed by atoms with E-state index in [0.717, 1.165) is 22.7 Å². The zero-order valence-electron chi connectivity index (χ0n) is 20.0. The summed E-state index contributed by atoms with van der Waals surface area (Å²) in [5.74, 6) is 0.889. The second kappa shape index (κ2) is 7.74. The maximum absolute atomic E-state index is 5.12. The van der Waals surface area contributed by atoms with Gasteiger partial charge in [-0.25, -0.2) is 4.98 Å². The summed E-state index contributed by atoms with van der Waals surface area (Å²) in [5.41, 5.74) is 4.06. The number of aromatic nitrogens is 3. The molecule has 3 nitrogen and oxygen atoms in total. The minimum atomic E-state index is 0.861. The number of para-hydroxylation sites is 1. The van der Waals surface area contributed by atoms with Crippen LogP contribution in [0.15, 0.2) is 128 Å². The molecule has 0 amide bonds. The minimum Gasteiger partial charge on any atom is -0.293 e. The van der Waals surface area contributed by atoms with Gasteiger partial charge in [0.25, 0.3) is 0 Å². The van der Waals surface area contributed by atoms with E-state index >= 15 is 0 Å². The fourth-order valence-corrected chi connectivity index (χ4v) is 5.89. The van der Waals surface area contributed by atoms with E-state index in [2.05, 4.69) is 107 Å². The molecule has 0 aliphatic carbocycles. The van der Waals surface area contributed by atoms with Crippen LogP contribution in [0.2, 0.25) is 0 Å². The fourth-order valence-electron chi connectivity index (χ4n) is 5.89. The molecule has 0 atom stereocenters. The van der Waals surface area contributed by atoms with E-state index in [9.17, 15) is 0 Å². The van der Waals surface area contributed by atoms with Crippen LogP contribution in [-0.4, -0.2) is 14.5 Å². The van der Waals surface area contributed by atoms with Crippen molar-refractivity contribution in [1.82, 2.24) is 14.5 Å². The van der Waals surface area contributed by atoms with Crippen LogP contribution in [0.5, 0.6) is 0 Å². The van der Waals surface area contributed by atoms with Crippen LogP contribution in [-0.2, 0) is 0 Å². The molecule has 3 heteroatoms. The summed E-state index contributed by atoms with van der Waals surface area (Å²) in [7, 11) is 0. The lowest BCUT2D eigenvalue weighted by Gasteiger charge is -2.13. The molecule has 0 N–H and O–H groups in total. The van der Waals surface area contributed by atoms with Crippen LogP contribution in [0.4, 0.5) is 0 Å². The van der Waals surface area contributed by atoms with Crippen molar-refractivity contribution in [2.75, 3.05) is 0 Å². The van der Waals surface area contributed by atoms with Crippen molar-refractivity contribution in [3.8, 4) is 17.2 Å². The molecule has 0 aliphatic rings. The Hall–Kier alpha value is -5.02. The summed E-state index contributed by atoms with van der Waals surface area (Å²) in [6, 6.07) is 42.8. The molecule has 172 valence electrons. The number of pyridine rings is 2. The van der Waals surface area contributed by atoms with E-state index < -0.39 is 0 Å². The molecule has 8 aromatic rings. The third-order valence-electron chi connectivity index (χ3n) is 7.42. The first-order chi connectivity index (χ1) is 18.4. The molecule has 3 heterocycles. The van der Waals surface area contributed by atoms with Crippen molar-refractivity contribution in [3.05, 3.63) is 128 Å². The highest BCUT2D eigenvalue weighted by molar-refractivity contribution is 6.36. The van der Waals surface area contributed by atoms with E-state index in [1.165, 1.54) is 48.6 Å². The Morgan fingerprint density at radius 2 is 1.19 bits per heavy atom. The number of hydrogen-bond acceptors (Lipinski definition) is 2. The average Bonchev–Trinajstić information content (AvgIpc) is 3.33. The summed E-state index contributed by atoms with van der Waals surface area (Å²) in [4.78, 5) is 9.67. The van der Waals surface area contributed by atoms with Gasteiger partial charge in [-0.3, -0.25) is 9.55 Å². The quantitative estimate of drug-likeness (QED) is 0.236. The van der Waals surface area contributed by atoms with Crippen molar-refractivity contribution in [2.45, 2.75) is 0 Å². The molecule has 0 fully saturated rings. The predicted molar refractivity (Wildman–Crippen MR) is 154 cm³/mol. The Labute approximate surface area is 213 Å². The monoisotopic (exact) mass is 471 g/mol. The van der Waals surface area contributed by atoms with Gasteiger partial charge in [-0.1, -0.05) is 91.0 Å². The van der Waals surface area contributed by atoms with Crippen LogP contribution in [0.1, 0.15) is 0 Å². The molecule has 0 bridgehead atoms. The third kappa shape index (κ3) is 2.88. The number of benzene rings is 5. The highest BCUT2D eigenvalue weighted by Gasteiger charge is 2.20. The Kier molecular flexibility index (Phi) is 4.23. The fraction of sp³-hybridized carbons (Fsp3) is 0. The summed E-state index contributed by atoms with van der Waals surface area (Å²) in [6.45, 7) is 0. The molecule has 0 radical (unpaired) electrons. The Bertz CT molecular complexity index is 2140. The highest BCUT2D eigenvalue weighted by Crippen LogP contribution is 2.44. The smallest absolute Gasteiger partial charge is 0.138 e. The third-order valence-corrected chi connectivity index (χ3v) is 7.42. The van der Waals surface area contributed by atoms with Gasteiger partial charge in [-0.2, -0.15) is 0 Å². The zero-order valence-corrected chi connectivity index (χ0v) is 20.0. The molecule has 0 unspecified atom stereocenters. The average molecular weight is 472 g/mol. The number of nitrogens with zero attached hydrogens (tertiary/aromatic N) is 3. The van der Waals surface area contributed by atoms with E-state index in [-0.39, 0.29) is 0 Å². The van der Waals surface area contributed by atoms with Gasteiger partial charge in [0.2, 0.25) is 0 Å². The minimum absolute atomic E-state index is 0.861. The first-order valence-electron chi connectivity index (χ1n) is 12.5. The van der Waals surface area contributed by atoms with E-state index in [1.54, 1.807) is 0 Å². The lowest BCUT2D eigenvalue weighted by Crippen LogP contribution is -1.99. The van der Waals surface area contributed by atoms with Crippen molar-refractivity contribution in [3.63, 3.8) is 0 Å². The van der Waals surface area contributed by atoms with E-state index in [4.69, 9.17) is 4.98 Å². The first kappa shape index (κ1) is 20.2. The van der Waals surface area contributed by atoms with E-state index in [1.807, 2.05) is 30.5 Å². The van der Waals surface area contributed by atoms with E-state index in [0.29, 0.717) is 0 Å². The summed E-state index contributed by atoms with van der Waals surface area (Å²) >= 11 is 0. The SMILES string of the molecule is c1ccc(-c2cccc(-n3c4ccccc4c4c5ccc6ccccc6c5c5ccccc5c43)n2)nc1. The van der Waals surface area contributed by atoms with Crippen molar-refractivity contribution in [1.29, 1.82) is 0 Å². The molecule has 0 aliphatic heterocycles. The molecule has 5 aromatic carbocycles. The highest BCUT2D eigenvalue weighted by atomic mass is 15.1. The summed E-state index contributed by atoms with van der Waals surface area (Å²) in [6.07, 6.45) is 1.81. The number of rotatable bonds is 2. The lowest BCUT2D eigenvalue weighted by molar-refractivity contribution is 1.08. The Morgan fingerprint density at radius 3 is 2.05 bits per heavy atom. The van der Waals surface area contributed by atoms with Crippen LogP contribution >= 0.6 is 0 Å². The van der Waals surface area contributed by atoms with Crippen molar-refractivity contribution >= 4 is 54.1 Å². The van der Waals surface area contributed by atoms with Gasteiger partial charge in [-0.15, -0.1) is 0 Å². The van der Waals surface area contributed by atoms with Gasteiger partial charge in [0.15, 0.2) is 0 Å².